The number of hydrogen-bond acceptors (Lipinski definition) is 2. The molecular formula is C18H15FN4O. The highest BCUT2D eigenvalue weighted by atomic mass is 19.1. The number of aromatic amines is 1. The fraction of sp³-hybridized carbons (Fsp3) is 0.111. The zero-order valence-corrected chi connectivity index (χ0v) is 13.0. The maximum atomic E-state index is 13.9. The Hall–Kier alpha value is -3.15. The number of nitrogens with zero attached hydrogens (tertiary/aromatic N) is 2. The van der Waals surface area contributed by atoms with Crippen LogP contribution in [0.5, 0.6) is 0 Å². The molecule has 1 amide bonds. The van der Waals surface area contributed by atoms with Crippen LogP contribution in [0.4, 0.5) is 4.39 Å². The van der Waals surface area contributed by atoms with Gasteiger partial charge in [-0.25, -0.2) is 9.37 Å². The Kier molecular flexibility index (Phi) is 3.30. The van der Waals surface area contributed by atoms with Crippen LogP contribution in [0.3, 0.4) is 0 Å². The monoisotopic (exact) mass is 322 g/mol. The van der Waals surface area contributed by atoms with Crippen molar-refractivity contribution in [2.75, 3.05) is 0 Å². The molecule has 4 rings (SSSR count). The summed E-state index contributed by atoms with van der Waals surface area (Å²) in [5.74, 6) is -0.573. The highest BCUT2D eigenvalue weighted by Gasteiger charge is 2.15. The second kappa shape index (κ2) is 5.49. The van der Waals surface area contributed by atoms with Gasteiger partial charge in [-0.2, -0.15) is 0 Å². The van der Waals surface area contributed by atoms with Crippen LogP contribution in [0, 0.1) is 5.82 Å². The molecule has 0 aliphatic rings. The van der Waals surface area contributed by atoms with E-state index in [-0.39, 0.29) is 11.7 Å². The lowest BCUT2D eigenvalue weighted by atomic mass is 10.2. The number of fused-ring (bicyclic) bond motifs is 2. The first kappa shape index (κ1) is 14.4. The van der Waals surface area contributed by atoms with Gasteiger partial charge in [0.1, 0.15) is 11.5 Å². The number of amides is 1. The van der Waals surface area contributed by atoms with E-state index < -0.39 is 0 Å². The number of carbonyl (C=O) groups is 1. The second-order valence-electron chi connectivity index (χ2n) is 5.70. The Morgan fingerprint density at radius 3 is 3.00 bits per heavy atom. The molecule has 0 bridgehead atoms. The molecule has 0 fully saturated rings. The second-order valence-corrected chi connectivity index (χ2v) is 5.70. The molecule has 0 radical (unpaired) electrons. The van der Waals surface area contributed by atoms with Gasteiger partial charge in [0.2, 0.25) is 0 Å². The Balaban J connectivity index is 1.58. The van der Waals surface area contributed by atoms with Crippen LogP contribution in [0.2, 0.25) is 0 Å². The molecule has 2 aromatic carbocycles. The number of imidazole rings is 1. The summed E-state index contributed by atoms with van der Waals surface area (Å²) in [4.78, 5) is 19.7. The number of hydrogen-bond donors (Lipinski definition) is 2. The van der Waals surface area contributed by atoms with Crippen LogP contribution >= 0.6 is 0 Å². The van der Waals surface area contributed by atoms with Crippen LogP contribution in [-0.4, -0.2) is 20.4 Å². The van der Waals surface area contributed by atoms with Crippen molar-refractivity contribution < 1.29 is 9.18 Å². The minimum Gasteiger partial charge on any atom is -0.347 e. The maximum absolute atomic E-state index is 13.9. The first-order valence-electron chi connectivity index (χ1n) is 7.57. The van der Waals surface area contributed by atoms with Crippen molar-refractivity contribution >= 4 is 27.8 Å². The summed E-state index contributed by atoms with van der Waals surface area (Å²) in [5.41, 5.74) is 3.63. The van der Waals surface area contributed by atoms with Gasteiger partial charge < -0.3 is 14.9 Å². The normalized spacial score (nSPS) is 11.2. The van der Waals surface area contributed by atoms with Gasteiger partial charge in [-0.3, -0.25) is 4.79 Å². The minimum atomic E-state index is -0.334. The summed E-state index contributed by atoms with van der Waals surface area (Å²) >= 11 is 0. The van der Waals surface area contributed by atoms with Gasteiger partial charge in [0.25, 0.3) is 5.91 Å². The van der Waals surface area contributed by atoms with Crippen LogP contribution < -0.4 is 5.32 Å². The summed E-state index contributed by atoms with van der Waals surface area (Å²) in [7, 11) is 1.69. The summed E-state index contributed by atoms with van der Waals surface area (Å²) in [6, 6.07) is 12.3. The third kappa shape index (κ3) is 2.32. The lowest BCUT2D eigenvalue weighted by molar-refractivity contribution is 0.0943. The number of halogens is 1. The molecule has 0 aliphatic carbocycles. The maximum Gasteiger partial charge on any atom is 0.268 e. The summed E-state index contributed by atoms with van der Waals surface area (Å²) < 4.78 is 15.5. The predicted octanol–water partition coefficient (Wildman–Crippen LogP) is 3.12. The van der Waals surface area contributed by atoms with Crippen molar-refractivity contribution in [3.63, 3.8) is 0 Å². The predicted molar refractivity (Wildman–Crippen MR) is 90.1 cm³/mol. The Labute approximate surface area is 137 Å². The number of para-hydroxylation sites is 1. The number of benzene rings is 2. The molecule has 0 saturated carbocycles. The molecule has 5 nitrogen and oxygen atoms in total. The Morgan fingerprint density at radius 1 is 1.29 bits per heavy atom. The molecule has 0 spiro atoms. The zero-order chi connectivity index (χ0) is 16.7. The molecule has 24 heavy (non-hydrogen) atoms. The molecule has 2 heterocycles. The van der Waals surface area contributed by atoms with E-state index in [1.165, 1.54) is 6.07 Å². The first-order valence-corrected chi connectivity index (χ1v) is 7.57. The van der Waals surface area contributed by atoms with E-state index in [0.717, 1.165) is 16.6 Å². The van der Waals surface area contributed by atoms with Gasteiger partial charge in [0, 0.05) is 19.0 Å². The van der Waals surface area contributed by atoms with Crippen molar-refractivity contribution in [3.05, 3.63) is 65.9 Å². The average molecular weight is 322 g/mol. The van der Waals surface area contributed by atoms with Crippen LogP contribution in [0.15, 0.2) is 48.8 Å². The average Bonchev–Trinajstić information content (AvgIpc) is 3.17. The molecule has 6 heteroatoms. The number of aromatic nitrogens is 3. The highest BCUT2D eigenvalue weighted by molar-refractivity contribution is 5.98. The van der Waals surface area contributed by atoms with Gasteiger partial charge in [0.15, 0.2) is 0 Å². The summed E-state index contributed by atoms with van der Waals surface area (Å²) in [6.07, 6.45) is 1.64. The third-order valence-corrected chi connectivity index (χ3v) is 4.18. The number of H-pyrrole nitrogens is 1. The number of carbonyl (C=O) groups excluding carboxylic acids is 1. The van der Waals surface area contributed by atoms with Gasteiger partial charge >= 0.3 is 0 Å². The molecular weight excluding hydrogens is 307 g/mol. The third-order valence-electron chi connectivity index (χ3n) is 4.18. The molecule has 0 atom stereocenters. The van der Waals surface area contributed by atoms with Crippen LogP contribution in [0.25, 0.3) is 21.9 Å². The van der Waals surface area contributed by atoms with Gasteiger partial charge in [-0.15, -0.1) is 0 Å². The largest absolute Gasteiger partial charge is 0.347 e. The smallest absolute Gasteiger partial charge is 0.268 e. The van der Waals surface area contributed by atoms with Crippen LogP contribution in [-0.2, 0) is 13.6 Å². The standard InChI is InChI=1S/C18H15FN4O/c1-23-16(8-12-3-2-4-13(19)17(12)23)18(24)20-9-11-5-6-14-15(7-11)22-10-21-14/h2-8,10H,9H2,1H3,(H,20,24)(H,21,22). The van der Waals surface area contributed by atoms with Crippen molar-refractivity contribution in [2.24, 2.45) is 7.05 Å². The lowest BCUT2D eigenvalue weighted by Crippen LogP contribution is -2.24. The van der Waals surface area contributed by atoms with Crippen molar-refractivity contribution in [1.29, 1.82) is 0 Å². The highest BCUT2D eigenvalue weighted by Crippen LogP contribution is 2.21. The van der Waals surface area contributed by atoms with Crippen molar-refractivity contribution in [1.82, 2.24) is 19.9 Å². The molecule has 2 aromatic heterocycles. The van der Waals surface area contributed by atoms with E-state index in [0.29, 0.717) is 23.1 Å². The van der Waals surface area contributed by atoms with Gasteiger partial charge in [-0.05, 0) is 29.8 Å². The number of nitrogens with one attached hydrogen (secondary N) is 2. The zero-order valence-electron chi connectivity index (χ0n) is 13.0. The van der Waals surface area contributed by atoms with Gasteiger partial charge in [0.05, 0.1) is 22.9 Å². The molecule has 2 N–H and O–H groups in total. The quantitative estimate of drug-likeness (QED) is 0.609. The lowest BCUT2D eigenvalue weighted by Gasteiger charge is -2.07. The Bertz CT molecular complexity index is 1060. The fourth-order valence-corrected chi connectivity index (χ4v) is 2.95. The number of rotatable bonds is 3. The summed E-state index contributed by atoms with van der Waals surface area (Å²) in [5, 5.41) is 3.59. The first-order chi connectivity index (χ1) is 11.6. The fourth-order valence-electron chi connectivity index (χ4n) is 2.95. The van der Waals surface area contributed by atoms with E-state index in [9.17, 15) is 9.18 Å². The SMILES string of the molecule is Cn1c(C(=O)NCc2ccc3nc[nH]c3c2)cc2cccc(F)c21. The molecule has 120 valence electrons. The van der Waals surface area contributed by atoms with E-state index in [4.69, 9.17) is 0 Å². The molecule has 0 aliphatic heterocycles. The van der Waals surface area contributed by atoms with Gasteiger partial charge in [-0.1, -0.05) is 18.2 Å². The van der Waals surface area contributed by atoms with Crippen LogP contribution in [0.1, 0.15) is 16.1 Å². The number of aryl methyl sites for hydroxylation is 1. The van der Waals surface area contributed by atoms with Crippen molar-refractivity contribution in [2.45, 2.75) is 6.54 Å². The van der Waals surface area contributed by atoms with E-state index >= 15 is 0 Å². The van der Waals surface area contributed by atoms with E-state index in [1.54, 1.807) is 36.1 Å². The summed E-state index contributed by atoms with van der Waals surface area (Å²) in [6.45, 7) is 0.387. The topological polar surface area (TPSA) is 62.7 Å². The minimum absolute atomic E-state index is 0.238. The molecule has 0 saturated heterocycles. The van der Waals surface area contributed by atoms with E-state index in [2.05, 4.69) is 15.3 Å². The van der Waals surface area contributed by atoms with E-state index in [1.807, 2.05) is 18.2 Å². The van der Waals surface area contributed by atoms with Crippen molar-refractivity contribution in [3.8, 4) is 0 Å². The Morgan fingerprint density at radius 2 is 2.17 bits per heavy atom. The molecule has 4 aromatic rings. The molecule has 0 unspecified atom stereocenters.